The van der Waals surface area contributed by atoms with Crippen LogP contribution >= 0.6 is 11.6 Å². The van der Waals surface area contributed by atoms with Gasteiger partial charge in [-0.3, -0.25) is 0 Å². The molecule has 0 atom stereocenters. The van der Waals surface area contributed by atoms with E-state index >= 15 is 0 Å². The van der Waals surface area contributed by atoms with Gasteiger partial charge in [-0.1, -0.05) is 11.6 Å². The summed E-state index contributed by atoms with van der Waals surface area (Å²) in [5, 5.41) is 17.2. The Kier molecular flexibility index (Phi) is 2.93. The summed E-state index contributed by atoms with van der Waals surface area (Å²) in [5.41, 5.74) is 6.53. The summed E-state index contributed by atoms with van der Waals surface area (Å²) in [5.74, 6) is 0.385. The molecule has 2 heterocycles. The van der Waals surface area contributed by atoms with Crippen LogP contribution in [-0.4, -0.2) is 34.5 Å². The first-order valence-electron chi connectivity index (χ1n) is 4.88. The average molecular weight is 229 g/mol. The molecule has 1 aromatic heterocycles. The van der Waals surface area contributed by atoms with Crippen LogP contribution in [0.15, 0.2) is 6.07 Å². The first-order chi connectivity index (χ1) is 7.16. The Morgan fingerprint density at radius 1 is 1.40 bits per heavy atom. The van der Waals surface area contributed by atoms with Gasteiger partial charge in [0.05, 0.1) is 11.8 Å². The van der Waals surface area contributed by atoms with E-state index in [4.69, 9.17) is 17.3 Å². The number of hydrogen-bond donors (Lipinski definition) is 2. The van der Waals surface area contributed by atoms with Crippen molar-refractivity contribution in [1.29, 1.82) is 0 Å². The molecule has 1 saturated heterocycles. The number of halogens is 1. The molecule has 0 saturated carbocycles. The molecule has 0 radical (unpaired) electrons. The van der Waals surface area contributed by atoms with E-state index in [0.29, 0.717) is 11.0 Å². The lowest BCUT2D eigenvalue weighted by atomic mass is 10.1. The topological polar surface area (TPSA) is 75.3 Å². The molecule has 0 unspecified atom stereocenters. The van der Waals surface area contributed by atoms with Gasteiger partial charge in [0, 0.05) is 19.2 Å². The fraction of sp³-hybridized carbons (Fsp3) is 0.556. The highest BCUT2D eigenvalue weighted by molar-refractivity contribution is 6.29. The summed E-state index contributed by atoms with van der Waals surface area (Å²) < 4.78 is 0. The number of aliphatic hydroxyl groups excluding tert-OH is 1. The maximum absolute atomic E-state index is 9.39. The number of aliphatic hydroxyl groups is 1. The van der Waals surface area contributed by atoms with Crippen molar-refractivity contribution >= 4 is 23.1 Å². The maximum atomic E-state index is 9.39. The van der Waals surface area contributed by atoms with Gasteiger partial charge in [-0.25, -0.2) is 0 Å². The van der Waals surface area contributed by atoms with E-state index in [1.54, 1.807) is 6.07 Å². The minimum absolute atomic E-state index is 0.201. The third kappa shape index (κ3) is 2.30. The lowest BCUT2D eigenvalue weighted by Gasteiger charge is -2.31. The zero-order valence-corrected chi connectivity index (χ0v) is 8.98. The largest absolute Gasteiger partial charge is 0.393 e. The Labute approximate surface area is 92.9 Å². The second kappa shape index (κ2) is 4.20. The van der Waals surface area contributed by atoms with Gasteiger partial charge < -0.3 is 15.7 Å². The quantitative estimate of drug-likeness (QED) is 0.739. The molecule has 1 fully saturated rings. The number of nitrogen functional groups attached to an aromatic ring is 1. The van der Waals surface area contributed by atoms with Gasteiger partial charge in [-0.2, -0.15) is 0 Å². The minimum atomic E-state index is -0.201. The van der Waals surface area contributed by atoms with Gasteiger partial charge in [0.2, 0.25) is 0 Å². The second-order valence-electron chi connectivity index (χ2n) is 3.66. The smallest absolute Gasteiger partial charge is 0.169 e. The van der Waals surface area contributed by atoms with E-state index in [1.165, 1.54) is 0 Å². The van der Waals surface area contributed by atoms with Gasteiger partial charge in [0.1, 0.15) is 0 Å². The summed E-state index contributed by atoms with van der Waals surface area (Å²) in [6.45, 7) is 1.54. The SMILES string of the molecule is Nc1nnc(Cl)cc1N1CCC(O)CC1. The van der Waals surface area contributed by atoms with E-state index in [-0.39, 0.29) is 6.10 Å². The molecule has 0 aromatic carbocycles. The molecule has 1 aliphatic rings. The zero-order chi connectivity index (χ0) is 10.8. The van der Waals surface area contributed by atoms with Crippen LogP contribution in [0.4, 0.5) is 11.5 Å². The van der Waals surface area contributed by atoms with E-state index in [1.807, 2.05) is 0 Å². The Bertz CT molecular complexity index is 352. The minimum Gasteiger partial charge on any atom is -0.393 e. The van der Waals surface area contributed by atoms with E-state index < -0.39 is 0 Å². The number of piperidine rings is 1. The van der Waals surface area contributed by atoms with Gasteiger partial charge in [0.15, 0.2) is 11.0 Å². The van der Waals surface area contributed by atoms with Crippen LogP contribution in [0.3, 0.4) is 0 Å². The van der Waals surface area contributed by atoms with Gasteiger partial charge >= 0.3 is 0 Å². The molecule has 1 aliphatic heterocycles. The first kappa shape index (κ1) is 10.4. The second-order valence-corrected chi connectivity index (χ2v) is 4.04. The van der Waals surface area contributed by atoms with Crippen LogP contribution < -0.4 is 10.6 Å². The van der Waals surface area contributed by atoms with Crippen molar-refractivity contribution in [2.45, 2.75) is 18.9 Å². The summed E-state index contributed by atoms with van der Waals surface area (Å²) >= 11 is 5.76. The highest BCUT2D eigenvalue weighted by Crippen LogP contribution is 2.25. The van der Waals surface area contributed by atoms with Crippen molar-refractivity contribution in [3.63, 3.8) is 0 Å². The van der Waals surface area contributed by atoms with Crippen LogP contribution in [0.1, 0.15) is 12.8 Å². The molecule has 15 heavy (non-hydrogen) atoms. The molecule has 2 rings (SSSR count). The molecular formula is C9H13ClN4O. The molecule has 1 aromatic rings. The zero-order valence-electron chi connectivity index (χ0n) is 8.23. The van der Waals surface area contributed by atoms with Crippen LogP contribution in [0.2, 0.25) is 5.15 Å². The predicted octanol–water partition coefficient (Wildman–Crippen LogP) is 0.673. The predicted molar refractivity (Wildman–Crippen MR) is 58.9 cm³/mol. The Morgan fingerprint density at radius 3 is 2.73 bits per heavy atom. The number of nitrogens with zero attached hydrogens (tertiary/aromatic N) is 3. The fourth-order valence-electron chi connectivity index (χ4n) is 1.73. The van der Waals surface area contributed by atoms with E-state index in [9.17, 15) is 5.11 Å². The summed E-state index contributed by atoms with van der Waals surface area (Å²) in [6.07, 6.45) is 1.30. The average Bonchev–Trinajstić information content (AvgIpc) is 2.23. The molecule has 6 heteroatoms. The van der Waals surface area contributed by atoms with Crippen molar-refractivity contribution in [3.05, 3.63) is 11.2 Å². The number of anilines is 2. The van der Waals surface area contributed by atoms with Crippen LogP contribution in [-0.2, 0) is 0 Å². The molecule has 0 amide bonds. The van der Waals surface area contributed by atoms with Gasteiger partial charge in [-0.15, -0.1) is 10.2 Å². The number of hydrogen-bond acceptors (Lipinski definition) is 5. The number of rotatable bonds is 1. The molecule has 0 aliphatic carbocycles. The Morgan fingerprint density at radius 2 is 2.07 bits per heavy atom. The Hall–Kier alpha value is -1.07. The van der Waals surface area contributed by atoms with Crippen LogP contribution in [0.25, 0.3) is 0 Å². The fourth-order valence-corrected chi connectivity index (χ4v) is 1.87. The highest BCUT2D eigenvalue weighted by atomic mass is 35.5. The van der Waals surface area contributed by atoms with Gasteiger partial charge in [-0.05, 0) is 12.8 Å². The van der Waals surface area contributed by atoms with Crippen molar-refractivity contribution in [2.24, 2.45) is 0 Å². The van der Waals surface area contributed by atoms with Crippen LogP contribution in [0.5, 0.6) is 0 Å². The lowest BCUT2D eigenvalue weighted by Crippen LogP contribution is -2.36. The third-order valence-corrected chi connectivity index (χ3v) is 2.76. The monoisotopic (exact) mass is 228 g/mol. The molecule has 3 N–H and O–H groups in total. The number of nitrogens with two attached hydrogens (primary N) is 1. The summed E-state index contributed by atoms with van der Waals surface area (Å²) in [6, 6.07) is 1.71. The van der Waals surface area contributed by atoms with Crippen molar-refractivity contribution < 1.29 is 5.11 Å². The summed E-state index contributed by atoms with van der Waals surface area (Å²) in [4.78, 5) is 2.07. The van der Waals surface area contributed by atoms with Crippen molar-refractivity contribution in [1.82, 2.24) is 10.2 Å². The maximum Gasteiger partial charge on any atom is 0.169 e. The van der Waals surface area contributed by atoms with Crippen molar-refractivity contribution in [3.8, 4) is 0 Å². The molecular weight excluding hydrogens is 216 g/mol. The van der Waals surface area contributed by atoms with Crippen molar-refractivity contribution in [2.75, 3.05) is 23.7 Å². The number of aromatic nitrogens is 2. The van der Waals surface area contributed by atoms with E-state index in [0.717, 1.165) is 31.6 Å². The molecule has 82 valence electrons. The Balaban J connectivity index is 2.18. The standard InChI is InChI=1S/C9H13ClN4O/c10-8-5-7(9(11)13-12-8)14-3-1-6(15)2-4-14/h5-6,15H,1-4H2,(H2,11,13). The van der Waals surface area contributed by atoms with Crippen LogP contribution in [0, 0.1) is 0 Å². The highest BCUT2D eigenvalue weighted by Gasteiger charge is 2.19. The normalized spacial score (nSPS) is 18.1. The molecule has 0 bridgehead atoms. The first-order valence-corrected chi connectivity index (χ1v) is 5.26. The molecule has 0 spiro atoms. The molecule has 5 nitrogen and oxygen atoms in total. The lowest BCUT2D eigenvalue weighted by molar-refractivity contribution is 0.145. The third-order valence-electron chi connectivity index (χ3n) is 2.58. The summed E-state index contributed by atoms with van der Waals surface area (Å²) in [7, 11) is 0. The van der Waals surface area contributed by atoms with E-state index in [2.05, 4.69) is 15.1 Å². The van der Waals surface area contributed by atoms with Gasteiger partial charge in [0.25, 0.3) is 0 Å².